The maximum absolute atomic E-state index is 11.6. The van der Waals surface area contributed by atoms with Gasteiger partial charge in [-0.05, 0) is 42.8 Å². The van der Waals surface area contributed by atoms with E-state index in [1.165, 1.54) is 0 Å². The predicted octanol–water partition coefficient (Wildman–Crippen LogP) is 2.52. The summed E-state index contributed by atoms with van der Waals surface area (Å²) in [6.45, 7) is 1.77. The lowest BCUT2D eigenvalue weighted by molar-refractivity contribution is -0.123. The molecule has 6 heteroatoms. The van der Waals surface area contributed by atoms with Crippen molar-refractivity contribution in [2.24, 2.45) is 12.1 Å². The van der Waals surface area contributed by atoms with Crippen LogP contribution in [0.4, 0.5) is 0 Å². The Morgan fingerprint density at radius 3 is 2.95 bits per heavy atom. The van der Waals surface area contributed by atoms with Crippen molar-refractivity contribution >= 4 is 23.7 Å². The molecule has 0 aliphatic rings. The van der Waals surface area contributed by atoms with Crippen LogP contribution in [0.2, 0.25) is 5.02 Å². The molecule has 0 fully saturated rings. The lowest BCUT2D eigenvalue weighted by Crippen LogP contribution is -2.24. The van der Waals surface area contributed by atoms with E-state index in [0.29, 0.717) is 10.8 Å². The lowest BCUT2D eigenvalue weighted by Gasteiger charge is -2.06. The maximum atomic E-state index is 11.6. The third-order valence-electron chi connectivity index (χ3n) is 2.87. The number of ether oxygens (including phenoxy) is 1. The van der Waals surface area contributed by atoms with E-state index >= 15 is 0 Å². The van der Waals surface area contributed by atoms with Crippen molar-refractivity contribution in [1.82, 2.24) is 9.99 Å². The molecular formula is C15H16ClN3O2. The van der Waals surface area contributed by atoms with Crippen LogP contribution in [0.15, 0.2) is 41.6 Å². The van der Waals surface area contributed by atoms with Crippen LogP contribution >= 0.6 is 11.6 Å². The molecule has 1 aromatic heterocycles. The normalized spacial score (nSPS) is 10.8. The average Bonchev–Trinajstić information content (AvgIpc) is 2.86. The number of nitrogens with zero attached hydrogens (tertiary/aromatic N) is 2. The topological polar surface area (TPSA) is 55.6 Å². The minimum Gasteiger partial charge on any atom is -0.484 e. The van der Waals surface area contributed by atoms with Crippen LogP contribution in [0.25, 0.3) is 0 Å². The van der Waals surface area contributed by atoms with Gasteiger partial charge in [0.15, 0.2) is 6.61 Å². The highest BCUT2D eigenvalue weighted by atomic mass is 35.5. The highest BCUT2D eigenvalue weighted by Gasteiger charge is 2.03. The molecule has 0 bridgehead atoms. The Hall–Kier alpha value is -2.27. The average molecular weight is 306 g/mol. The lowest BCUT2D eigenvalue weighted by atomic mass is 10.2. The molecule has 0 unspecified atom stereocenters. The van der Waals surface area contributed by atoms with Gasteiger partial charge in [-0.2, -0.15) is 5.10 Å². The fourth-order valence-corrected chi connectivity index (χ4v) is 1.78. The van der Waals surface area contributed by atoms with E-state index in [1.54, 1.807) is 24.4 Å². The van der Waals surface area contributed by atoms with E-state index in [2.05, 4.69) is 10.5 Å². The summed E-state index contributed by atoms with van der Waals surface area (Å²) in [6.07, 6.45) is 3.47. The first-order valence-electron chi connectivity index (χ1n) is 6.38. The zero-order valence-electron chi connectivity index (χ0n) is 11.8. The second-order valence-corrected chi connectivity index (χ2v) is 4.94. The quantitative estimate of drug-likeness (QED) is 0.681. The molecular weight excluding hydrogens is 290 g/mol. The third kappa shape index (κ3) is 4.36. The molecule has 21 heavy (non-hydrogen) atoms. The molecule has 110 valence electrons. The summed E-state index contributed by atoms with van der Waals surface area (Å²) < 4.78 is 7.26. The molecule has 1 N–H and O–H groups in total. The van der Waals surface area contributed by atoms with Gasteiger partial charge in [-0.25, -0.2) is 5.43 Å². The smallest absolute Gasteiger partial charge is 0.277 e. The Bertz CT molecular complexity index is 665. The molecule has 1 amide bonds. The number of aromatic nitrogens is 1. The van der Waals surface area contributed by atoms with Gasteiger partial charge in [-0.15, -0.1) is 0 Å². The van der Waals surface area contributed by atoms with Gasteiger partial charge in [0.25, 0.3) is 5.91 Å². The van der Waals surface area contributed by atoms with Crippen LogP contribution in [0, 0.1) is 6.92 Å². The zero-order valence-corrected chi connectivity index (χ0v) is 12.6. The van der Waals surface area contributed by atoms with Crippen molar-refractivity contribution in [3.05, 3.63) is 52.8 Å². The Balaban J connectivity index is 1.81. The van der Waals surface area contributed by atoms with E-state index in [-0.39, 0.29) is 12.5 Å². The monoisotopic (exact) mass is 305 g/mol. The van der Waals surface area contributed by atoms with E-state index in [4.69, 9.17) is 16.3 Å². The zero-order chi connectivity index (χ0) is 15.2. The number of carbonyl (C=O) groups is 1. The molecule has 0 saturated carbocycles. The van der Waals surface area contributed by atoms with Crippen LogP contribution < -0.4 is 10.2 Å². The van der Waals surface area contributed by atoms with Crippen LogP contribution in [0.3, 0.4) is 0 Å². The van der Waals surface area contributed by atoms with Crippen LogP contribution in [0.5, 0.6) is 5.75 Å². The van der Waals surface area contributed by atoms with Gasteiger partial charge in [0.05, 0.1) is 11.9 Å². The van der Waals surface area contributed by atoms with Crippen molar-refractivity contribution in [1.29, 1.82) is 0 Å². The van der Waals surface area contributed by atoms with Crippen LogP contribution in [-0.4, -0.2) is 23.3 Å². The fourth-order valence-electron chi connectivity index (χ4n) is 1.67. The Kier molecular flexibility index (Phi) is 5.00. The number of hydrogen-bond acceptors (Lipinski definition) is 3. The minimum atomic E-state index is -0.326. The molecule has 0 saturated heterocycles. The number of halogens is 1. The fraction of sp³-hybridized carbons (Fsp3) is 0.200. The molecule has 5 nitrogen and oxygen atoms in total. The third-order valence-corrected chi connectivity index (χ3v) is 3.29. The van der Waals surface area contributed by atoms with Crippen molar-refractivity contribution in [2.45, 2.75) is 6.92 Å². The molecule has 2 rings (SSSR count). The van der Waals surface area contributed by atoms with Crippen molar-refractivity contribution in [3.8, 4) is 5.75 Å². The summed E-state index contributed by atoms with van der Waals surface area (Å²) in [7, 11) is 1.90. The number of hydrogen-bond donors (Lipinski definition) is 1. The first-order chi connectivity index (χ1) is 10.1. The summed E-state index contributed by atoms with van der Waals surface area (Å²) in [5.41, 5.74) is 4.20. The van der Waals surface area contributed by atoms with E-state index in [1.807, 2.05) is 36.9 Å². The molecule has 0 radical (unpaired) electrons. The van der Waals surface area contributed by atoms with Crippen LogP contribution in [0.1, 0.15) is 11.3 Å². The number of carbonyl (C=O) groups excluding carboxylic acids is 1. The summed E-state index contributed by atoms with van der Waals surface area (Å²) in [4.78, 5) is 11.6. The number of hydrazone groups is 1. The van der Waals surface area contributed by atoms with Gasteiger partial charge in [0, 0.05) is 18.3 Å². The summed E-state index contributed by atoms with van der Waals surface area (Å²) in [6, 6.07) is 9.02. The molecule has 2 aromatic rings. The maximum Gasteiger partial charge on any atom is 0.277 e. The summed E-state index contributed by atoms with van der Waals surface area (Å²) in [5, 5.41) is 4.54. The van der Waals surface area contributed by atoms with Gasteiger partial charge < -0.3 is 9.30 Å². The molecule has 1 heterocycles. The van der Waals surface area contributed by atoms with Gasteiger partial charge in [0.1, 0.15) is 5.75 Å². The SMILES string of the molecule is Cc1cc(OCC(=O)N/N=C\c2cccn2C)ccc1Cl. The van der Waals surface area contributed by atoms with Crippen molar-refractivity contribution in [3.63, 3.8) is 0 Å². The molecule has 0 aliphatic heterocycles. The minimum absolute atomic E-state index is 0.106. The van der Waals surface area contributed by atoms with Gasteiger partial charge in [-0.1, -0.05) is 11.6 Å². The Morgan fingerprint density at radius 1 is 1.48 bits per heavy atom. The van der Waals surface area contributed by atoms with E-state index in [0.717, 1.165) is 11.3 Å². The largest absolute Gasteiger partial charge is 0.484 e. The summed E-state index contributed by atoms with van der Waals surface area (Å²) >= 11 is 5.92. The van der Waals surface area contributed by atoms with Crippen LogP contribution in [-0.2, 0) is 11.8 Å². The van der Waals surface area contributed by atoms with E-state index < -0.39 is 0 Å². The highest BCUT2D eigenvalue weighted by molar-refractivity contribution is 6.31. The van der Waals surface area contributed by atoms with Crippen molar-refractivity contribution < 1.29 is 9.53 Å². The van der Waals surface area contributed by atoms with Crippen molar-refractivity contribution in [2.75, 3.05) is 6.61 Å². The number of rotatable bonds is 5. The number of nitrogens with one attached hydrogen (secondary N) is 1. The standard InChI is InChI=1S/C15H16ClN3O2/c1-11-8-13(5-6-14(11)16)21-10-15(20)18-17-9-12-4-3-7-19(12)2/h3-9H,10H2,1-2H3,(H,18,20)/b17-9-. The molecule has 0 atom stereocenters. The number of aryl methyl sites for hydroxylation is 2. The van der Waals surface area contributed by atoms with Gasteiger partial charge in [0.2, 0.25) is 0 Å². The molecule has 0 aliphatic carbocycles. The molecule has 1 aromatic carbocycles. The number of amides is 1. The van der Waals surface area contributed by atoms with Gasteiger partial charge >= 0.3 is 0 Å². The number of benzene rings is 1. The predicted molar refractivity (Wildman–Crippen MR) is 82.8 cm³/mol. The summed E-state index contributed by atoms with van der Waals surface area (Å²) in [5.74, 6) is 0.270. The highest BCUT2D eigenvalue weighted by Crippen LogP contribution is 2.20. The second kappa shape index (κ2) is 6.95. The van der Waals surface area contributed by atoms with Gasteiger partial charge in [-0.3, -0.25) is 4.79 Å². The Labute approximate surface area is 128 Å². The van der Waals surface area contributed by atoms with E-state index in [9.17, 15) is 4.79 Å². The first kappa shape index (κ1) is 15.1. The first-order valence-corrected chi connectivity index (χ1v) is 6.76. The second-order valence-electron chi connectivity index (χ2n) is 4.54. The Morgan fingerprint density at radius 2 is 2.29 bits per heavy atom. The molecule has 0 spiro atoms.